The van der Waals surface area contributed by atoms with Crippen LogP contribution in [-0.4, -0.2) is 271 Å². The molecule has 2 aliphatic carbocycles. The molecule has 2 fully saturated rings. The van der Waals surface area contributed by atoms with Crippen molar-refractivity contribution in [2.75, 3.05) is 113 Å². The average Bonchev–Trinajstić information content (AvgIpc) is 0.779. The molecular weight excluding hydrogens is 1410 g/mol. The van der Waals surface area contributed by atoms with Gasteiger partial charge >= 0.3 is 35.3 Å². The fourth-order valence-corrected chi connectivity index (χ4v) is 34.2. The molecule has 103 heavy (non-hydrogen) atoms. The second kappa shape index (κ2) is 51.5. The van der Waals surface area contributed by atoms with Gasteiger partial charge in [-0.25, -0.2) is 0 Å². The number of carbonyl (C=O) groups excluding carboxylic acids is 4. The van der Waals surface area contributed by atoms with Crippen molar-refractivity contribution in [1.29, 1.82) is 5.41 Å². The SMILES string of the molecule is CCCC(=O)C(CC(=O)OCC)N(CC(O)COCCC[Si](C)(C)O[Si](C)(C)O[Si](O[SiH2]CCCOCC(O)CNC(C)COCC(C)N)(O[Si](C)(C)CCCOCC(O)CN=C(C)COCC(C)=N)c1ccccc1)C1CCC(CC2CCC(N(C)C(CC(=O)OCC)C(=O)OCC)CC2)CC1. The first-order valence-electron chi connectivity index (χ1n) is 38.6. The molecule has 0 saturated heterocycles. The van der Waals surface area contributed by atoms with Crippen molar-refractivity contribution in [2.24, 2.45) is 22.6 Å². The van der Waals surface area contributed by atoms with Gasteiger partial charge in [-0.15, -0.1) is 0 Å². The van der Waals surface area contributed by atoms with Gasteiger partial charge in [-0.3, -0.25) is 34.0 Å². The summed E-state index contributed by atoms with van der Waals surface area (Å²) >= 11 is 0. The molecule has 0 aliphatic heterocycles. The van der Waals surface area contributed by atoms with Crippen molar-refractivity contribution in [3.05, 3.63) is 30.3 Å². The van der Waals surface area contributed by atoms with Gasteiger partial charge in [0.25, 0.3) is 0 Å². The molecule has 0 heterocycles. The summed E-state index contributed by atoms with van der Waals surface area (Å²) in [6.07, 6.45) is 9.17. The highest BCUT2D eigenvalue weighted by molar-refractivity contribution is 6.94. The number of likely N-dealkylation sites (N-methyl/N-ethyl adjacent to an activating group) is 1. The largest absolute Gasteiger partial charge is 0.506 e. The first kappa shape index (κ1) is 94.3. The van der Waals surface area contributed by atoms with Gasteiger partial charge in [0, 0.05) is 80.1 Å². The first-order chi connectivity index (χ1) is 48.9. The zero-order chi connectivity index (χ0) is 76.4. The molecular formula is C73H140N6O19Si5. The Morgan fingerprint density at radius 3 is 1.77 bits per heavy atom. The van der Waals surface area contributed by atoms with Crippen LogP contribution in [-0.2, 0) is 73.5 Å². The molecule has 0 bridgehead atoms. The lowest BCUT2D eigenvalue weighted by Crippen LogP contribution is -2.67. The molecule has 25 nitrogen and oxygen atoms in total. The maximum atomic E-state index is 14.1. The maximum absolute atomic E-state index is 14.1. The van der Waals surface area contributed by atoms with Crippen LogP contribution in [0.4, 0.5) is 0 Å². The third-order valence-electron chi connectivity index (χ3n) is 18.5. The molecule has 1 aromatic rings. The molecule has 7 N–H and O–H groups in total. The monoisotopic (exact) mass is 1540 g/mol. The molecule has 3 rings (SSSR count). The number of nitrogens with two attached hydrogens (primary N) is 1. The highest BCUT2D eigenvalue weighted by Gasteiger charge is 2.53. The number of nitrogens with one attached hydrogen (secondary N) is 2. The van der Waals surface area contributed by atoms with Crippen LogP contribution in [0.15, 0.2) is 35.3 Å². The molecule has 8 atom stereocenters. The molecule has 0 aromatic heterocycles. The van der Waals surface area contributed by atoms with Crippen LogP contribution in [0, 0.1) is 17.2 Å². The summed E-state index contributed by atoms with van der Waals surface area (Å²) in [6, 6.07) is 11.0. The Balaban J connectivity index is 1.71. The Morgan fingerprint density at radius 2 is 1.20 bits per heavy atom. The van der Waals surface area contributed by atoms with Crippen molar-refractivity contribution in [3.8, 4) is 0 Å². The van der Waals surface area contributed by atoms with Crippen LogP contribution in [0.2, 0.25) is 57.4 Å². The summed E-state index contributed by atoms with van der Waals surface area (Å²) in [5.41, 5.74) is 6.99. The number of Topliss-reactive ketones (excluding diaryl/α,β-unsaturated/α-hetero) is 1. The van der Waals surface area contributed by atoms with Crippen LogP contribution in [0.3, 0.4) is 0 Å². The smallest absolute Gasteiger partial charge is 0.466 e. The number of hydrogen-bond acceptors (Lipinski definition) is 25. The standard InChI is InChI=1S/C73H140N6O19Si5/c1-16-26-70(83)68(44-71(84)92-17-2)79(63-35-31-61(32-36-63)43-60-29-33-62(34-30-60)78(9)69(73(86)94-19-4)45-72(85)93-18-3)48-66(82)55-89-39-24-41-100(10,11)96-102(14,15)98-103(67-27-21-20-22-28-67,95-99-40-23-37-87-53-64(80)46-76-58(7)51-90-49-56(5)74)97-101(12,13)42-25-38-88-54-65(81)47-77-59(8)52-91-50-57(6)75/h20-22,27-28,56,58,60-66,68-69,75-76,80-82H,16-19,23-26,29-55,74,99H2,1-15H3. The van der Waals surface area contributed by atoms with Crippen molar-refractivity contribution < 1.29 is 88.9 Å². The Kier molecular flexibility index (Phi) is 47.1. The predicted molar refractivity (Wildman–Crippen MR) is 417 cm³/mol. The minimum atomic E-state index is -3.71. The number of benzene rings is 1. The van der Waals surface area contributed by atoms with Crippen LogP contribution >= 0.6 is 0 Å². The van der Waals surface area contributed by atoms with E-state index < -0.39 is 92.1 Å². The summed E-state index contributed by atoms with van der Waals surface area (Å²) in [4.78, 5) is 61.4. The highest BCUT2D eigenvalue weighted by atomic mass is 28.5. The van der Waals surface area contributed by atoms with E-state index in [2.05, 4.69) is 54.5 Å². The van der Waals surface area contributed by atoms with E-state index >= 15 is 0 Å². The number of esters is 3. The molecule has 2 aliphatic rings. The summed E-state index contributed by atoms with van der Waals surface area (Å²) in [7, 11) is -11.2. The van der Waals surface area contributed by atoms with E-state index in [0.29, 0.717) is 89.4 Å². The Morgan fingerprint density at radius 1 is 0.660 bits per heavy atom. The number of rotatable bonds is 59. The van der Waals surface area contributed by atoms with E-state index in [1.54, 1.807) is 27.7 Å². The van der Waals surface area contributed by atoms with Gasteiger partial charge in [-0.2, -0.15) is 0 Å². The molecule has 0 spiro atoms. The molecule has 0 radical (unpaired) electrons. The Hall–Kier alpha value is -2.92. The molecule has 596 valence electrons. The molecule has 0 amide bonds. The number of nitrogens with zero attached hydrogens (tertiary/aromatic N) is 3. The van der Waals surface area contributed by atoms with E-state index in [9.17, 15) is 34.5 Å². The van der Waals surface area contributed by atoms with Gasteiger partial charge < -0.3 is 86.1 Å². The summed E-state index contributed by atoms with van der Waals surface area (Å²) < 4.78 is 74.8. The Bertz CT molecular complexity index is 2540. The third-order valence-corrected chi connectivity index (χ3v) is 36.3. The summed E-state index contributed by atoms with van der Waals surface area (Å²) in [5, 5.41) is 44.9. The molecule has 1 aromatic carbocycles. The minimum absolute atomic E-state index is 0.0161. The van der Waals surface area contributed by atoms with Gasteiger partial charge in [0.2, 0.25) is 0 Å². The molecule has 2 saturated carbocycles. The number of ether oxygens (including phenoxy) is 8. The second-order valence-corrected chi connectivity index (χ2v) is 47.5. The van der Waals surface area contributed by atoms with Crippen molar-refractivity contribution in [2.45, 2.75) is 270 Å². The van der Waals surface area contributed by atoms with Crippen LogP contribution < -0.4 is 16.2 Å². The number of aliphatic hydroxyl groups excluding tert-OH is 3. The minimum Gasteiger partial charge on any atom is -0.466 e. The van der Waals surface area contributed by atoms with Crippen molar-refractivity contribution >= 4 is 84.1 Å². The second-order valence-electron chi connectivity index (χ2n) is 30.2. The van der Waals surface area contributed by atoms with Crippen molar-refractivity contribution in [3.63, 3.8) is 0 Å². The quantitative estimate of drug-likeness (QED) is 0.0118. The number of ketones is 1. The third kappa shape index (κ3) is 40.4. The van der Waals surface area contributed by atoms with Gasteiger partial charge in [-0.1, -0.05) is 37.3 Å². The maximum Gasteiger partial charge on any atom is 0.506 e. The van der Waals surface area contributed by atoms with Gasteiger partial charge in [-0.05, 0) is 208 Å². The van der Waals surface area contributed by atoms with Crippen molar-refractivity contribution in [1.82, 2.24) is 15.1 Å². The Labute approximate surface area is 625 Å². The van der Waals surface area contributed by atoms with Crippen LogP contribution in [0.1, 0.15) is 158 Å². The number of hydrogen-bond donors (Lipinski definition) is 6. The van der Waals surface area contributed by atoms with E-state index in [1.165, 1.54) is 0 Å². The number of carbonyl (C=O) groups is 4. The molecule has 8 unspecified atom stereocenters. The number of aliphatic imine (C=N–C) groups is 1. The van der Waals surface area contributed by atoms with E-state index in [4.69, 9.17) is 65.5 Å². The lowest BCUT2D eigenvalue weighted by atomic mass is 9.75. The van der Waals surface area contributed by atoms with E-state index in [1.807, 2.05) is 70.0 Å². The van der Waals surface area contributed by atoms with E-state index in [-0.39, 0.29) is 102 Å². The van der Waals surface area contributed by atoms with Gasteiger partial charge in [0.05, 0.1) is 110 Å². The molecule has 30 heteroatoms. The van der Waals surface area contributed by atoms with Gasteiger partial charge in [0.15, 0.2) is 32.2 Å². The van der Waals surface area contributed by atoms with Crippen LogP contribution in [0.25, 0.3) is 0 Å². The average molecular weight is 1550 g/mol. The fraction of sp³-hybridized carbons (Fsp3) is 0.836. The van der Waals surface area contributed by atoms with Crippen LogP contribution in [0.5, 0.6) is 0 Å². The first-order valence-corrected chi connectivity index (χ1v) is 50.9. The number of aliphatic hydroxyl groups is 3. The lowest BCUT2D eigenvalue weighted by molar-refractivity contribution is -0.157. The zero-order valence-corrected chi connectivity index (χ0v) is 71.4. The predicted octanol–water partition coefficient (Wildman–Crippen LogP) is 7.99. The lowest BCUT2D eigenvalue weighted by Gasteiger charge is -2.43. The topological polar surface area (TPSA) is 320 Å². The van der Waals surface area contributed by atoms with E-state index in [0.717, 1.165) is 93.2 Å². The summed E-state index contributed by atoms with van der Waals surface area (Å²) in [5.74, 6) is -0.215. The summed E-state index contributed by atoms with van der Waals surface area (Å²) in [6.45, 7) is 32.2. The van der Waals surface area contributed by atoms with Gasteiger partial charge in [0.1, 0.15) is 6.04 Å². The normalized spacial score (nSPS) is 20.0. The highest BCUT2D eigenvalue weighted by Crippen LogP contribution is 2.39. The fourth-order valence-electron chi connectivity index (χ4n) is 13.6. The zero-order valence-electron chi connectivity index (χ0n) is 66.0.